The second kappa shape index (κ2) is 4.11. The van der Waals surface area contributed by atoms with Gasteiger partial charge in [0.1, 0.15) is 11.0 Å². The van der Waals surface area contributed by atoms with E-state index in [4.69, 9.17) is 4.74 Å². The first-order valence-corrected chi connectivity index (χ1v) is 5.62. The van der Waals surface area contributed by atoms with E-state index in [1.165, 1.54) is 0 Å². The fourth-order valence-corrected chi connectivity index (χ4v) is 2.81. The molecule has 0 saturated heterocycles. The fraction of sp³-hybridized carbons (Fsp3) is 0.250. The highest BCUT2D eigenvalue weighted by Crippen LogP contribution is 2.38. The third-order valence-electron chi connectivity index (χ3n) is 2.43. The van der Waals surface area contributed by atoms with Crippen LogP contribution < -0.4 is 0 Å². The van der Waals surface area contributed by atoms with Gasteiger partial charge in [0.05, 0.1) is 7.11 Å². The fourth-order valence-electron chi connectivity index (χ4n) is 1.56. The molecule has 0 amide bonds. The summed E-state index contributed by atoms with van der Waals surface area (Å²) in [6.45, 7) is 1.81. The van der Waals surface area contributed by atoms with Crippen LogP contribution in [-0.2, 0) is 9.53 Å². The number of allylic oxidation sites excluding steroid dienone is 1. The highest BCUT2D eigenvalue weighted by atomic mass is 32.2. The highest BCUT2D eigenvalue weighted by Gasteiger charge is 2.38. The maximum Gasteiger partial charge on any atom is 0.182 e. The predicted molar refractivity (Wildman–Crippen MR) is 60.8 cm³/mol. The smallest absolute Gasteiger partial charge is 0.182 e. The first-order valence-electron chi connectivity index (χ1n) is 4.74. The van der Waals surface area contributed by atoms with Gasteiger partial charge in [0.2, 0.25) is 0 Å². The van der Waals surface area contributed by atoms with Crippen LogP contribution >= 0.6 is 11.8 Å². The molecule has 0 bridgehead atoms. The summed E-state index contributed by atoms with van der Waals surface area (Å²) in [6.07, 6.45) is 0. The van der Waals surface area contributed by atoms with Gasteiger partial charge in [-0.1, -0.05) is 18.2 Å². The Hall–Kier alpha value is -1.22. The van der Waals surface area contributed by atoms with Crippen LogP contribution in [0, 0.1) is 0 Å². The molecule has 15 heavy (non-hydrogen) atoms. The van der Waals surface area contributed by atoms with Crippen molar-refractivity contribution >= 4 is 17.5 Å². The molecule has 0 aromatic heterocycles. The molecule has 0 N–H and O–H groups in total. The Morgan fingerprint density at radius 1 is 1.27 bits per heavy atom. The Bertz CT molecular complexity index is 409. The number of hydrogen-bond donors (Lipinski definition) is 0. The van der Waals surface area contributed by atoms with Crippen molar-refractivity contribution in [2.24, 2.45) is 0 Å². The van der Waals surface area contributed by atoms with Crippen molar-refractivity contribution in [3.63, 3.8) is 0 Å². The van der Waals surface area contributed by atoms with E-state index in [2.05, 4.69) is 0 Å². The molecule has 0 spiro atoms. The molecular weight excluding hydrogens is 208 g/mol. The zero-order valence-electron chi connectivity index (χ0n) is 8.69. The first-order chi connectivity index (χ1) is 7.24. The summed E-state index contributed by atoms with van der Waals surface area (Å²) in [5.74, 6) is 0.995. The van der Waals surface area contributed by atoms with Gasteiger partial charge < -0.3 is 4.74 Å². The molecule has 1 aliphatic rings. The zero-order chi connectivity index (χ0) is 10.8. The topological polar surface area (TPSA) is 26.3 Å². The Kier molecular flexibility index (Phi) is 2.82. The lowest BCUT2D eigenvalue weighted by atomic mass is 9.95. The molecule has 0 fully saturated rings. The van der Waals surface area contributed by atoms with Crippen LogP contribution in [0.25, 0.3) is 0 Å². The van der Waals surface area contributed by atoms with Crippen LogP contribution in [0.5, 0.6) is 0 Å². The van der Waals surface area contributed by atoms with Gasteiger partial charge >= 0.3 is 0 Å². The lowest BCUT2D eigenvalue weighted by Gasteiger charge is -2.28. The number of thioether (sulfide) groups is 1. The second-order valence-electron chi connectivity index (χ2n) is 3.37. The van der Waals surface area contributed by atoms with Crippen LogP contribution in [0.4, 0.5) is 0 Å². The van der Waals surface area contributed by atoms with Crippen molar-refractivity contribution in [2.45, 2.75) is 17.1 Å². The number of rotatable bonds is 3. The van der Waals surface area contributed by atoms with Crippen molar-refractivity contribution in [2.75, 3.05) is 7.11 Å². The van der Waals surface area contributed by atoms with Crippen LogP contribution in [-0.4, -0.2) is 18.1 Å². The molecule has 1 atom stereocenters. The number of methoxy groups -OCH3 is 1. The van der Waals surface area contributed by atoms with Gasteiger partial charge in [-0.05, 0) is 19.1 Å². The maximum atomic E-state index is 11.6. The van der Waals surface area contributed by atoms with E-state index in [-0.39, 0.29) is 11.0 Å². The van der Waals surface area contributed by atoms with Gasteiger partial charge in [-0.2, -0.15) is 0 Å². The maximum absolute atomic E-state index is 11.6. The lowest BCUT2D eigenvalue weighted by Crippen LogP contribution is -2.33. The molecule has 3 heteroatoms. The largest absolute Gasteiger partial charge is 0.499 e. The van der Waals surface area contributed by atoms with E-state index in [0.717, 1.165) is 16.2 Å². The van der Waals surface area contributed by atoms with Crippen LogP contribution in [0.15, 0.2) is 46.6 Å². The van der Waals surface area contributed by atoms with Gasteiger partial charge in [-0.15, -0.1) is 11.8 Å². The molecule has 1 aromatic rings. The van der Waals surface area contributed by atoms with Crippen LogP contribution in [0.1, 0.15) is 6.92 Å². The van der Waals surface area contributed by atoms with E-state index in [1.54, 1.807) is 18.9 Å². The number of ether oxygens (including phenoxy) is 1. The number of hydrogen-bond acceptors (Lipinski definition) is 3. The van der Waals surface area contributed by atoms with E-state index in [9.17, 15) is 4.79 Å². The summed E-state index contributed by atoms with van der Waals surface area (Å²) in [7, 11) is 1.61. The molecule has 1 unspecified atom stereocenters. The number of Topliss-reactive ketones (excluding diaryl/α,β-unsaturated/α-hetero) is 1. The van der Waals surface area contributed by atoms with Crippen molar-refractivity contribution < 1.29 is 9.53 Å². The van der Waals surface area contributed by atoms with Crippen molar-refractivity contribution in [3.8, 4) is 0 Å². The summed E-state index contributed by atoms with van der Waals surface area (Å²) >= 11 is 1.54. The van der Waals surface area contributed by atoms with E-state index < -0.39 is 0 Å². The van der Waals surface area contributed by atoms with Crippen molar-refractivity contribution in [1.82, 2.24) is 0 Å². The Balaban J connectivity index is 2.13. The monoisotopic (exact) mass is 220 g/mol. The van der Waals surface area contributed by atoms with E-state index >= 15 is 0 Å². The van der Waals surface area contributed by atoms with Crippen molar-refractivity contribution in [3.05, 3.63) is 41.7 Å². The Labute approximate surface area is 93.3 Å². The third-order valence-corrected chi connectivity index (χ3v) is 3.64. The Morgan fingerprint density at radius 3 is 2.53 bits per heavy atom. The van der Waals surface area contributed by atoms with Crippen molar-refractivity contribution in [1.29, 1.82) is 0 Å². The zero-order valence-corrected chi connectivity index (χ0v) is 9.51. The summed E-state index contributed by atoms with van der Waals surface area (Å²) in [6, 6.07) is 9.89. The third kappa shape index (κ3) is 1.79. The normalized spacial score (nSPS) is 20.1. The molecule has 0 radical (unpaired) electrons. The van der Waals surface area contributed by atoms with Gasteiger partial charge in [0.15, 0.2) is 5.78 Å². The molecular formula is C12H12O2S. The highest BCUT2D eigenvalue weighted by molar-refractivity contribution is 8.01. The standard InChI is InChI=1S/C12H12O2S/c1-8-10(13)12(11(8)14-2)15-9-6-4-3-5-7-9/h3-7,12H,1-2H3. The second-order valence-corrected chi connectivity index (χ2v) is 4.55. The number of ketones is 1. The van der Waals surface area contributed by atoms with E-state index in [0.29, 0.717) is 0 Å². The minimum absolute atomic E-state index is 0.141. The average Bonchev–Trinajstić information content (AvgIpc) is 2.29. The molecule has 0 heterocycles. The molecule has 1 aliphatic carbocycles. The molecule has 1 aromatic carbocycles. The predicted octanol–water partition coefficient (Wildman–Crippen LogP) is 2.65. The summed E-state index contributed by atoms with van der Waals surface area (Å²) in [5.41, 5.74) is 0.755. The molecule has 2 rings (SSSR count). The van der Waals surface area contributed by atoms with E-state index in [1.807, 2.05) is 37.3 Å². The number of carbonyl (C=O) groups is 1. The average molecular weight is 220 g/mol. The summed E-state index contributed by atoms with van der Waals surface area (Å²) in [5, 5.41) is -0.141. The first kappa shape index (κ1) is 10.3. The SMILES string of the molecule is COC1=C(C)C(=O)C1Sc1ccccc1. The number of carbonyl (C=O) groups excluding carboxylic acids is 1. The lowest BCUT2D eigenvalue weighted by molar-refractivity contribution is -0.117. The summed E-state index contributed by atoms with van der Waals surface area (Å²) in [4.78, 5) is 12.7. The molecule has 0 aliphatic heterocycles. The minimum atomic E-state index is -0.141. The van der Waals surface area contributed by atoms with Gasteiger partial charge in [0.25, 0.3) is 0 Å². The van der Waals surface area contributed by atoms with Crippen LogP contribution in [0.2, 0.25) is 0 Å². The molecule has 2 nitrogen and oxygen atoms in total. The van der Waals surface area contributed by atoms with Gasteiger partial charge in [-0.3, -0.25) is 4.79 Å². The van der Waals surface area contributed by atoms with Gasteiger partial charge in [-0.25, -0.2) is 0 Å². The van der Waals surface area contributed by atoms with Gasteiger partial charge in [0, 0.05) is 10.5 Å². The number of benzene rings is 1. The molecule has 0 saturated carbocycles. The minimum Gasteiger partial charge on any atom is -0.499 e. The summed E-state index contributed by atoms with van der Waals surface area (Å²) < 4.78 is 5.19. The Morgan fingerprint density at radius 2 is 1.93 bits per heavy atom. The molecule has 78 valence electrons. The quantitative estimate of drug-likeness (QED) is 0.783. The van der Waals surface area contributed by atoms with Crippen LogP contribution in [0.3, 0.4) is 0 Å².